The van der Waals surface area contributed by atoms with E-state index in [4.69, 9.17) is 9.72 Å². The number of nitrogens with zero attached hydrogens (tertiary/aromatic N) is 4. The SMILES string of the molecule is [2H]c1c([2H])c([2H])c2c(c1[2H])-c1cc(C(C)(C)C)cc(-c3cc(C(C)(C)C)cc(C(C)(C)C)c3)c1-[n+]1[c-]n(-c3[c-]c(Oc4[c-]c5c(cc4)c4ccccc4n5-c4cc(C(C)(C)C)ccn4)ccc3)c3cc(-c4ccc(C(C)(C)C)cc4)cc(c31)-c1c([2H])c([2H])c([2H])c([2H])c1-2.[Pt]. The summed E-state index contributed by atoms with van der Waals surface area (Å²) in [4.78, 5) is 4.91. The van der Waals surface area contributed by atoms with Gasteiger partial charge in [-0.25, -0.2) is 4.98 Å². The van der Waals surface area contributed by atoms with E-state index in [1.165, 1.54) is 0 Å². The maximum atomic E-state index is 10.2. The Labute approximate surface area is 534 Å². The maximum absolute atomic E-state index is 10.2. The Morgan fingerprint density at radius 3 is 1.64 bits per heavy atom. The minimum Gasteiger partial charge on any atom is -0.510 e. The van der Waals surface area contributed by atoms with Gasteiger partial charge < -0.3 is 13.9 Å². The summed E-state index contributed by atoms with van der Waals surface area (Å²) in [6.07, 6.45) is 5.72. The summed E-state index contributed by atoms with van der Waals surface area (Å²) < 4.78 is 91.0. The second-order valence-corrected chi connectivity index (χ2v) is 28.1. The van der Waals surface area contributed by atoms with Crippen molar-refractivity contribution in [3.8, 4) is 84.3 Å². The minimum absolute atomic E-state index is 0. The van der Waals surface area contributed by atoms with Gasteiger partial charge in [-0.3, -0.25) is 4.57 Å². The number of hydrogen-bond donors (Lipinski definition) is 0. The second kappa shape index (κ2) is 21.1. The third kappa shape index (κ3) is 10.4. The fourth-order valence-corrected chi connectivity index (χ4v) is 11.8. The third-order valence-electron chi connectivity index (χ3n) is 16.8. The molecule has 0 radical (unpaired) electrons. The summed E-state index contributed by atoms with van der Waals surface area (Å²) in [5.41, 5.74) is 11.9. The number of benzene rings is 9. The van der Waals surface area contributed by atoms with Crippen molar-refractivity contribution < 1.29 is 41.3 Å². The number of ether oxygens (including phenoxy) is 1. The van der Waals surface area contributed by atoms with Gasteiger partial charge in [-0.1, -0.05) is 237 Å². The summed E-state index contributed by atoms with van der Waals surface area (Å²) in [5.74, 6) is 1.59. The fourth-order valence-electron chi connectivity index (χ4n) is 11.8. The van der Waals surface area contributed by atoms with Crippen LogP contribution >= 0.6 is 0 Å². The summed E-state index contributed by atoms with van der Waals surface area (Å²) in [6, 6.07) is 49.1. The molecule has 0 spiro atoms. The van der Waals surface area contributed by atoms with Crippen LogP contribution < -0.4 is 9.30 Å². The number of hydrogen-bond acceptors (Lipinski definition) is 2. The van der Waals surface area contributed by atoms with E-state index in [2.05, 4.69) is 212 Å². The molecule has 4 heterocycles. The Kier molecular flexibility index (Phi) is 12.0. The largest absolute Gasteiger partial charge is 0.510 e. The van der Waals surface area contributed by atoms with Crippen LogP contribution in [0.5, 0.6) is 11.5 Å². The van der Waals surface area contributed by atoms with Gasteiger partial charge in [-0.2, -0.15) is 18.2 Å². The van der Waals surface area contributed by atoms with Gasteiger partial charge in [0, 0.05) is 44.3 Å². The summed E-state index contributed by atoms with van der Waals surface area (Å²) in [6.45, 7) is 32.6. The zero-order valence-electron chi connectivity index (χ0n) is 59.8. The molecule has 434 valence electrons. The van der Waals surface area contributed by atoms with Crippen LogP contribution in [0.1, 0.15) is 143 Å². The molecule has 86 heavy (non-hydrogen) atoms. The van der Waals surface area contributed by atoms with Gasteiger partial charge in [0.05, 0.1) is 27.7 Å². The molecule has 1 aliphatic rings. The van der Waals surface area contributed by atoms with Crippen LogP contribution in [0.2, 0.25) is 0 Å². The van der Waals surface area contributed by atoms with E-state index in [-0.39, 0.29) is 77.1 Å². The molecule has 1 aliphatic heterocycles. The molecule has 9 aromatic carbocycles. The van der Waals surface area contributed by atoms with Gasteiger partial charge in [0.1, 0.15) is 5.82 Å². The molecule has 0 atom stereocenters. The second-order valence-electron chi connectivity index (χ2n) is 28.1. The van der Waals surface area contributed by atoms with E-state index in [1.807, 2.05) is 63.9 Å². The van der Waals surface area contributed by atoms with Crippen molar-refractivity contribution in [2.24, 2.45) is 0 Å². The summed E-state index contributed by atoms with van der Waals surface area (Å²) >= 11 is 0. The summed E-state index contributed by atoms with van der Waals surface area (Å²) in [5, 5.41) is 2.04. The van der Waals surface area contributed by atoms with Gasteiger partial charge in [0.25, 0.3) is 6.33 Å². The zero-order chi connectivity index (χ0) is 66.7. The van der Waals surface area contributed by atoms with Crippen molar-refractivity contribution in [3.05, 3.63) is 234 Å². The molecule has 0 saturated carbocycles. The smallest absolute Gasteiger partial charge is 0.268 e. The van der Waals surface area contributed by atoms with E-state index >= 15 is 0 Å². The van der Waals surface area contributed by atoms with E-state index < -0.39 is 41.7 Å². The van der Waals surface area contributed by atoms with E-state index in [0.29, 0.717) is 45.0 Å². The molecular formula is C80H76N4OPt-2. The number of aromatic nitrogens is 4. The standard InChI is InChI=1S/C80H76N4O.Pt/c1-76(2,3)53-33-31-50(32-34-53)51-41-68-63-27-18-16-25-61(63)62-26-17-19-28-64(62)69-45-57(80(13,14)15)44-67(52-39-55(78(7,8)9)43-56(40-52)79(10,11)12)74(69)83-49-82(72(42-51)75(68)83)58-23-22-24-59(47-58)85-60-35-36-66-65-29-20-21-30-70(65)84(71(66)48-60)73-46-54(37-38-81-73)77(4,5)6;/h16-46H,1-15H3;/q-2;/i16D,17D,18D,19D,25D,26D,27D,28D;. The first-order valence-corrected chi connectivity index (χ1v) is 29.4. The van der Waals surface area contributed by atoms with Crippen LogP contribution in [0, 0.1) is 18.5 Å². The molecule has 0 bridgehead atoms. The molecule has 0 N–H and O–H groups in total. The predicted molar refractivity (Wildman–Crippen MR) is 354 cm³/mol. The number of para-hydroxylation sites is 1. The van der Waals surface area contributed by atoms with Crippen LogP contribution in [-0.2, 0) is 48.1 Å². The number of imidazole rings is 1. The van der Waals surface area contributed by atoms with Crippen LogP contribution in [0.4, 0.5) is 0 Å². The maximum Gasteiger partial charge on any atom is 0.268 e. The van der Waals surface area contributed by atoms with Crippen molar-refractivity contribution >= 4 is 32.8 Å². The zero-order valence-corrected chi connectivity index (χ0v) is 54.1. The van der Waals surface area contributed by atoms with Crippen molar-refractivity contribution in [2.75, 3.05) is 0 Å². The van der Waals surface area contributed by atoms with Crippen LogP contribution in [0.3, 0.4) is 0 Å². The normalized spacial score (nSPS) is 14.0. The first-order valence-electron chi connectivity index (χ1n) is 33.4. The first-order chi connectivity index (χ1) is 43.6. The third-order valence-corrected chi connectivity index (χ3v) is 16.8. The molecule has 0 unspecified atom stereocenters. The molecule has 0 amide bonds. The summed E-state index contributed by atoms with van der Waals surface area (Å²) in [7, 11) is 0. The minimum atomic E-state index is -0.535. The first kappa shape index (κ1) is 49.1. The monoisotopic (exact) mass is 1310 g/mol. The van der Waals surface area contributed by atoms with E-state index in [9.17, 15) is 11.0 Å². The Bertz CT molecular complexity index is 5090. The Hall–Kier alpha value is -8.11. The van der Waals surface area contributed by atoms with Gasteiger partial charge in [0.2, 0.25) is 0 Å². The molecule has 5 nitrogen and oxygen atoms in total. The molecule has 0 saturated heterocycles. The number of pyridine rings is 1. The Morgan fingerprint density at radius 2 is 1.01 bits per heavy atom. The average molecular weight is 1310 g/mol. The Morgan fingerprint density at radius 1 is 0.442 bits per heavy atom. The van der Waals surface area contributed by atoms with Crippen LogP contribution in [0.25, 0.3) is 106 Å². The van der Waals surface area contributed by atoms with Crippen LogP contribution in [0.15, 0.2) is 188 Å². The average Bonchev–Trinajstić information content (AvgIpc) is 1.41. The Balaban J connectivity index is 0.00000848. The van der Waals surface area contributed by atoms with Crippen molar-refractivity contribution in [2.45, 2.75) is 131 Å². The number of fused-ring (bicyclic) bond motifs is 10. The fraction of sp³-hybridized carbons (Fsp3) is 0.250. The molecule has 3 aromatic heterocycles. The van der Waals surface area contributed by atoms with Gasteiger partial charge in [0.15, 0.2) is 0 Å². The van der Waals surface area contributed by atoms with Gasteiger partial charge in [-0.15, -0.1) is 29.7 Å². The van der Waals surface area contributed by atoms with E-state index in [0.717, 1.165) is 77.7 Å². The molecule has 12 aromatic rings. The molecule has 13 rings (SSSR count). The van der Waals surface area contributed by atoms with Crippen molar-refractivity contribution in [1.82, 2.24) is 14.1 Å². The molecular weight excluding hydrogens is 1230 g/mol. The molecule has 0 fully saturated rings. The van der Waals surface area contributed by atoms with Crippen LogP contribution in [-0.4, -0.2) is 14.1 Å². The number of rotatable bonds is 6. The van der Waals surface area contributed by atoms with E-state index in [1.54, 1.807) is 0 Å². The topological polar surface area (TPSA) is 35.9 Å². The molecule has 0 aliphatic carbocycles. The van der Waals surface area contributed by atoms with Gasteiger partial charge >= 0.3 is 0 Å². The van der Waals surface area contributed by atoms with Crippen molar-refractivity contribution in [3.63, 3.8) is 0 Å². The van der Waals surface area contributed by atoms with Gasteiger partial charge in [-0.05, 0) is 146 Å². The molecule has 6 heteroatoms. The van der Waals surface area contributed by atoms with Crippen molar-refractivity contribution in [1.29, 1.82) is 0 Å². The predicted octanol–water partition coefficient (Wildman–Crippen LogP) is 20.7. The quantitative estimate of drug-likeness (QED) is 0.123.